The first-order valence-corrected chi connectivity index (χ1v) is 7.24. The zero-order valence-corrected chi connectivity index (χ0v) is 11.8. The fourth-order valence-corrected chi connectivity index (χ4v) is 2.61. The van der Waals surface area contributed by atoms with Gasteiger partial charge < -0.3 is 15.5 Å². The largest absolute Gasteiger partial charge is 0.374 e. The van der Waals surface area contributed by atoms with E-state index in [1.165, 1.54) is 0 Å². The van der Waals surface area contributed by atoms with Crippen LogP contribution in [0.3, 0.4) is 0 Å². The second-order valence-corrected chi connectivity index (χ2v) is 5.29. The van der Waals surface area contributed by atoms with Crippen molar-refractivity contribution in [2.24, 2.45) is 0 Å². The third-order valence-electron chi connectivity index (χ3n) is 3.77. The van der Waals surface area contributed by atoms with Gasteiger partial charge in [0.2, 0.25) is 11.8 Å². The molecule has 7 heteroatoms. The Morgan fingerprint density at radius 3 is 2.86 bits per heavy atom. The second kappa shape index (κ2) is 6.09. The highest BCUT2D eigenvalue weighted by Gasteiger charge is 2.26. The number of carbonyl (C=O) groups is 2. The summed E-state index contributed by atoms with van der Waals surface area (Å²) >= 11 is 0. The van der Waals surface area contributed by atoms with E-state index in [0.29, 0.717) is 12.8 Å². The molecule has 0 bridgehead atoms. The van der Waals surface area contributed by atoms with Crippen LogP contribution in [0, 0.1) is 0 Å². The van der Waals surface area contributed by atoms with Crippen molar-refractivity contribution in [1.82, 2.24) is 15.6 Å². The number of nitrogens with one attached hydrogen (secondary N) is 3. The molecule has 3 heterocycles. The van der Waals surface area contributed by atoms with E-state index >= 15 is 0 Å². The lowest BCUT2D eigenvalue weighted by Crippen LogP contribution is -2.47. The number of amides is 2. The van der Waals surface area contributed by atoms with Gasteiger partial charge in [-0.05, 0) is 12.5 Å². The molecule has 1 aromatic heterocycles. The van der Waals surface area contributed by atoms with Gasteiger partial charge in [-0.25, -0.2) is 4.98 Å². The van der Waals surface area contributed by atoms with Crippen LogP contribution in [0.25, 0.3) is 0 Å². The summed E-state index contributed by atoms with van der Waals surface area (Å²) in [5.74, 6) is 0.454. The molecule has 1 atom stereocenters. The number of rotatable bonds is 3. The van der Waals surface area contributed by atoms with Crippen LogP contribution in [-0.2, 0) is 9.59 Å². The van der Waals surface area contributed by atoms with Crippen molar-refractivity contribution in [3.8, 4) is 0 Å². The highest BCUT2D eigenvalue weighted by atomic mass is 16.2. The monoisotopic (exact) mass is 289 g/mol. The van der Waals surface area contributed by atoms with E-state index in [9.17, 15) is 9.59 Å². The lowest BCUT2D eigenvalue weighted by molar-refractivity contribution is -0.133. The number of piperidine rings is 1. The Labute approximate surface area is 123 Å². The fourth-order valence-electron chi connectivity index (χ4n) is 2.61. The third kappa shape index (κ3) is 3.30. The van der Waals surface area contributed by atoms with Crippen LogP contribution >= 0.6 is 0 Å². The SMILES string of the molecule is O=C1CC[C@H](Nc2ccnc(N3CCNCC3)c2)C(=O)N1. The average molecular weight is 289 g/mol. The van der Waals surface area contributed by atoms with Crippen LogP contribution < -0.4 is 20.9 Å². The molecule has 2 saturated heterocycles. The average Bonchev–Trinajstić information content (AvgIpc) is 2.51. The molecule has 3 N–H and O–H groups in total. The van der Waals surface area contributed by atoms with E-state index in [2.05, 4.69) is 25.8 Å². The summed E-state index contributed by atoms with van der Waals surface area (Å²) in [6, 6.07) is 3.44. The summed E-state index contributed by atoms with van der Waals surface area (Å²) in [7, 11) is 0. The molecule has 0 aromatic carbocycles. The summed E-state index contributed by atoms with van der Waals surface area (Å²) in [6.07, 6.45) is 2.64. The summed E-state index contributed by atoms with van der Waals surface area (Å²) in [5, 5.41) is 8.84. The smallest absolute Gasteiger partial charge is 0.249 e. The van der Waals surface area contributed by atoms with E-state index in [0.717, 1.165) is 37.7 Å². The van der Waals surface area contributed by atoms with Crippen molar-refractivity contribution >= 4 is 23.3 Å². The van der Waals surface area contributed by atoms with Crippen molar-refractivity contribution < 1.29 is 9.59 Å². The van der Waals surface area contributed by atoms with Gasteiger partial charge in [-0.1, -0.05) is 0 Å². The van der Waals surface area contributed by atoms with E-state index < -0.39 is 0 Å². The maximum Gasteiger partial charge on any atom is 0.249 e. The molecule has 2 amide bonds. The molecule has 0 unspecified atom stereocenters. The van der Waals surface area contributed by atoms with E-state index in [1.54, 1.807) is 6.20 Å². The Hall–Kier alpha value is -2.15. The minimum atomic E-state index is -0.360. The van der Waals surface area contributed by atoms with Crippen LogP contribution in [0.5, 0.6) is 0 Å². The highest BCUT2D eigenvalue weighted by molar-refractivity contribution is 6.01. The topological polar surface area (TPSA) is 86.4 Å². The maximum atomic E-state index is 11.8. The Morgan fingerprint density at radius 1 is 1.29 bits per heavy atom. The third-order valence-corrected chi connectivity index (χ3v) is 3.77. The van der Waals surface area contributed by atoms with Crippen LogP contribution in [0.15, 0.2) is 18.3 Å². The fraction of sp³-hybridized carbons (Fsp3) is 0.500. The zero-order chi connectivity index (χ0) is 14.7. The first-order valence-electron chi connectivity index (χ1n) is 7.24. The lowest BCUT2D eigenvalue weighted by Gasteiger charge is -2.29. The summed E-state index contributed by atoms with van der Waals surface area (Å²) in [4.78, 5) is 29.5. The number of aromatic nitrogens is 1. The van der Waals surface area contributed by atoms with Gasteiger partial charge in [0.15, 0.2) is 0 Å². The number of imide groups is 1. The Bertz CT molecular complexity index is 542. The molecule has 112 valence electrons. The molecule has 0 radical (unpaired) electrons. The van der Waals surface area contributed by atoms with Gasteiger partial charge in [-0.2, -0.15) is 0 Å². The van der Waals surface area contributed by atoms with Crippen LogP contribution in [0.4, 0.5) is 11.5 Å². The molecular weight excluding hydrogens is 270 g/mol. The maximum absolute atomic E-state index is 11.8. The molecule has 2 fully saturated rings. The molecule has 0 saturated carbocycles. The number of hydrogen-bond donors (Lipinski definition) is 3. The van der Waals surface area contributed by atoms with Gasteiger partial charge in [0.1, 0.15) is 11.9 Å². The molecule has 0 aliphatic carbocycles. The molecular formula is C14H19N5O2. The minimum absolute atomic E-state index is 0.200. The van der Waals surface area contributed by atoms with Crippen LogP contribution in [0.1, 0.15) is 12.8 Å². The van der Waals surface area contributed by atoms with Crippen molar-refractivity contribution in [3.63, 3.8) is 0 Å². The first-order chi connectivity index (χ1) is 10.2. The number of piperazine rings is 1. The number of carbonyl (C=O) groups excluding carboxylic acids is 2. The quantitative estimate of drug-likeness (QED) is 0.663. The predicted octanol–water partition coefficient (Wildman–Crippen LogP) is -0.292. The lowest BCUT2D eigenvalue weighted by atomic mass is 10.1. The number of pyridine rings is 1. The van der Waals surface area contributed by atoms with E-state index in [4.69, 9.17) is 0 Å². The summed E-state index contributed by atoms with van der Waals surface area (Å²) < 4.78 is 0. The number of hydrogen-bond acceptors (Lipinski definition) is 6. The van der Waals surface area contributed by atoms with Gasteiger partial charge in [0.05, 0.1) is 0 Å². The summed E-state index contributed by atoms with van der Waals surface area (Å²) in [5.41, 5.74) is 0.855. The van der Waals surface area contributed by atoms with Crippen molar-refractivity contribution in [2.45, 2.75) is 18.9 Å². The van der Waals surface area contributed by atoms with Crippen LogP contribution in [-0.4, -0.2) is 49.0 Å². The number of nitrogens with zero attached hydrogens (tertiary/aromatic N) is 2. The molecule has 2 aliphatic heterocycles. The zero-order valence-electron chi connectivity index (χ0n) is 11.8. The van der Waals surface area contributed by atoms with Gasteiger partial charge in [0, 0.05) is 50.6 Å². The number of anilines is 2. The predicted molar refractivity (Wildman–Crippen MR) is 79.1 cm³/mol. The van der Waals surface area contributed by atoms with E-state index in [-0.39, 0.29) is 17.9 Å². The van der Waals surface area contributed by atoms with Crippen molar-refractivity contribution in [2.75, 3.05) is 36.4 Å². The molecule has 3 rings (SSSR count). The molecule has 21 heavy (non-hydrogen) atoms. The Morgan fingerprint density at radius 2 is 2.10 bits per heavy atom. The molecule has 0 spiro atoms. The molecule has 7 nitrogen and oxygen atoms in total. The summed E-state index contributed by atoms with van der Waals surface area (Å²) in [6.45, 7) is 3.75. The standard InChI is InChI=1S/C14H19N5O2/c20-13-2-1-11(14(21)18-13)17-10-3-4-16-12(9-10)19-7-5-15-6-8-19/h3-4,9,11,15H,1-2,5-8H2,(H,16,17)(H,18,20,21)/t11-/m0/s1. The minimum Gasteiger partial charge on any atom is -0.374 e. The first kappa shape index (κ1) is 13.8. The Balaban J connectivity index is 1.68. The van der Waals surface area contributed by atoms with Gasteiger partial charge in [-0.15, -0.1) is 0 Å². The Kier molecular flexibility index (Phi) is 4.01. The normalized spacial score (nSPS) is 22.9. The van der Waals surface area contributed by atoms with Crippen molar-refractivity contribution in [3.05, 3.63) is 18.3 Å². The van der Waals surface area contributed by atoms with E-state index in [1.807, 2.05) is 12.1 Å². The van der Waals surface area contributed by atoms with Gasteiger partial charge >= 0.3 is 0 Å². The van der Waals surface area contributed by atoms with Gasteiger partial charge in [0.25, 0.3) is 0 Å². The second-order valence-electron chi connectivity index (χ2n) is 5.29. The van der Waals surface area contributed by atoms with Gasteiger partial charge in [-0.3, -0.25) is 14.9 Å². The molecule has 1 aromatic rings. The van der Waals surface area contributed by atoms with Crippen LogP contribution in [0.2, 0.25) is 0 Å². The molecule has 2 aliphatic rings. The highest BCUT2D eigenvalue weighted by Crippen LogP contribution is 2.19. The van der Waals surface area contributed by atoms with Crippen molar-refractivity contribution in [1.29, 1.82) is 0 Å².